The van der Waals surface area contributed by atoms with Gasteiger partial charge in [-0.15, -0.1) is 0 Å². The van der Waals surface area contributed by atoms with Crippen molar-refractivity contribution in [1.82, 2.24) is 4.90 Å². The van der Waals surface area contributed by atoms with E-state index in [-0.39, 0.29) is 11.7 Å². The van der Waals surface area contributed by atoms with E-state index < -0.39 is 0 Å². The number of hydrogen-bond donors (Lipinski definition) is 2. The molecule has 3 rings (SSSR count). The molecular weight excluding hydrogens is 350 g/mol. The number of Topliss-reactive ketones (excluding diaryl/α,β-unsaturated/α-hetero) is 1. The van der Waals surface area contributed by atoms with Crippen molar-refractivity contribution >= 4 is 28.6 Å². The smallest absolute Gasteiger partial charge is 0.258 e. The maximum Gasteiger partial charge on any atom is 0.258 e. The molecule has 2 aromatic carbocycles. The van der Waals surface area contributed by atoms with Gasteiger partial charge >= 0.3 is 0 Å². The molecule has 0 fully saturated rings. The van der Waals surface area contributed by atoms with Crippen molar-refractivity contribution in [3.8, 4) is 0 Å². The lowest BCUT2D eigenvalue weighted by Crippen LogP contribution is -2.11. The fraction of sp³-hybridized carbons (Fsp3) is 0.304. The highest BCUT2D eigenvalue weighted by atomic mass is 16.2. The quantitative estimate of drug-likeness (QED) is 0.550. The second-order valence-corrected chi connectivity index (χ2v) is 7.43. The second-order valence-electron chi connectivity index (χ2n) is 7.43. The molecular formula is C23H27N3O2. The monoisotopic (exact) mass is 377 g/mol. The molecule has 28 heavy (non-hydrogen) atoms. The Morgan fingerprint density at radius 3 is 2.43 bits per heavy atom. The molecule has 1 aliphatic heterocycles. The average Bonchev–Trinajstić information content (AvgIpc) is 2.97. The van der Waals surface area contributed by atoms with Crippen molar-refractivity contribution < 1.29 is 9.59 Å². The summed E-state index contributed by atoms with van der Waals surface area (Å²) in [4.78, 5) is 26.6. The zero-order valence-electron chi connectivity index (χ0n) is 16.9. The number of carbonyl (C=O) groups excluding carboxylic acids is 2. The van der Waals surface area contributed by atoms with Crippen LogP contribution in [0.2, 0.25) is 0 Å². The zero-order valence-corrected chi connectivity index (χ0v) is 16.9. The van der Waals surface area contributed by atoms with Crippen LogP contribution in [-0.4, -0.2) is 30.7 Å². The third kappa shape index (κ3) is 4.31. The number of fused-ring (bicyclic) bond motifs is 1. The van der Waals surface area contributed by atoms with E-state index in [0.717, 1.165) is 42.0 Å². The predicted molar refractivity (Wildman–Crippen MR) is 114 cm³/mol. The Bertz CT molecular complexity index is 927. The van der Waals surface area contributed by atoms with Crippen molar-refractivity contribution in [2.75, 3.05) is 24.7 Å². The van der Waals surface area contributed by atoms with E-state index in [1.54, 1.807) is 12.1 Å². The first-order chi connectivity index (χ1) is 13.4. The van der Waals surface area contributed by atoms with E-state index >= 15 is 0 Å². The van der Waals surface area contributed by atoms with E-state index in [9.17, 15) is 9.59 Å². The normalized spacial score (nSPS) is 14.7. The van der Waals surface area contributed by atoms with Gasteiger partial charge in [-0.05, 0) is 63.3 Å². The lowest BCUT2D eigenvalue weighted by molar-refractivity contribution is -0.110. The Kier molecular flexibility index (Phi) is 5.95. The summed E-state index contributed by atoms with van der Waals surface area (Å²) in [5, 5.41) is 6.36. The maximum absolute atomic E-state index is 12.7. The van der Waals surface area contributed by atoms with Gasteiger partial charge in [0.2, 0.25) is 0 Å². The SMILES string of the molecule is CCCC(Nc1ccc(CN(C)C)cc1)=C1C(=O)Nc2ccc(C(C)=O)cc21. The fourth-order valence-electron chi connectivity index (χ4n) is 3.42. The zero-order chi connectivity index (χ0) is 20.3. The Morgan fingerprint density at radius 2 is 1.82 bits per heavy atom. The topological polar surface area (TPSA) is 61.4 Å². The molecule has 1 aliphatic rings. The van der Waals surface area contributed by atoms with E-state index in [1.807, 2.05) is 32.3 Å². The Balaban J connectivity index is 1.97. The largest absolute Gasteiger partial charge is 0.358 e. The number of ketones is 1. The lowest BCUT2D eigenvalue weighted by atomic mass is 9.99. The van der Waals surface area contributed by atoms with E-state index in [2.05, 4.69) is 34.6 Å². The number of anilines is 2. The van der Waals surface area contributed by atoms with E-state index in [4.69, 9.17) is 0 Å². The predicted octanol–water partition coefficient (Wildman–Crippen LogP) is 4.53. The molecule has 1 heterocycles. The molecule has 0 bridgehead atoms. The van der Waals surface area contributed by atoms with Gasteiger partial charge in [-0.1, -0.05) is 25.5 Å². The summed E-state index contributed by atoms with van der Waals surface area (Å²) in [6.45, 7) is 4.50. The molecule has 2 N–H and O–H groups in total. The van der Waals surface area contributed by atoms with Gasteiger partial charge in [0.15, 0.2) is 5.78 Å². The van der Waals surface area contributed by atoms with Gasteiger partial charge in [0, 0.05) is 34.7 Å². The third-order valence-electron chi connectivity index (χ3n) is 4.72. The van der Waals surface area contributed by atoms with Crippen LogP contribution in [0.1, 0.15) is 48.2 Å². The van der Waals surface area contributed by atoms with E-state index in [1.165, 1.54) is 12.5 Å². The Morgan fingerprint density at radius 1 is 1.11 bits per heavy atom. The highest BCUT2D eigenvalue weighted by Crippen LogP contribution is 2.36. The highest BCUT2D eigenvalue weighted by molar-refractivity contribution is 6.32. The van der Waals surface area contributed by atoms with Crippen LogP contribution in [0.3, 0.4) is 0 Å². The molecule has 0 aliphatic carbocycles. The maximum atomic E-state index is 12.7. The highest BCUT2D eigenvalue weighted by Gasteiger charge is 2.28. The summed E-state index contributed by atoms with van der Waals surface area (Å²) in [6.07, 6.45) is 1.64. The van der Waals surface area contributed by atoms with Crippen LogP contribution >= 0.6 is 0 Å². The number of benzene rings is 2. The van der Waals surface area contributed by atoms with Gasteiger partial charge in [0.05, 0.1) is 5.57 Å². The summed E-state index contributed by atoms with van der Waals surface area (Å²) in [6, 6.07) is 13.6. The molecule has 1 amide bonds. The minimum Gasteiger partial charge on any atom is -0.358 e. The van der Waals surface area contributed by atoms with Crippen LogP contribution in [0.15, 0.2) is 48.2 Å². The van der Waals surface area contributed by atoms with Crippen molar-refractivity contribution in [2.45, 2.75) is 33.2 Å². The lowest BCUT2D eigenvalue weighted by Gasteiger charge is -2.15. The molecule has 146 valence electrons. The molecule has 0 unspecified atom stereocenters. The number of hydrogen-bond acceptors (Lipinski definition) is 4. The first kappa shape index (κ1) is 19.8. The number of nitrogens with zero attached hydrogens (tertiary/aromatic N) is 1. The molecule has 0 atom stereocenters. The van der Waals surface area contributed by atoms with Crippen LogP contribution in [0.4, 0.5) is 11.4 Å². The number of amides is 1. The number of allylic oxidation sites excluding steroid dienone is 1. The van der Waals surface area contributed by atoms with Gasteiger partial charge in [0.25, 0.3) is 5.91 Å². The molecule has 2 aromatic rings. The van der Waals surface area contributed by atoms with Crippen LogP contribution in [0.25, 0.3) is 5.57 Å². The van der Waals surface area contributed by atoms with Crippen LogP contribution in [0.5, 0.6) is 0 Å². The van der Waals surface area contributed by atoms with Crippen molar-refractivity contribution in [1.29, 1.82) is 0 Å². The van der Waals surface area contributed by atoms with Crippen molar-refractivity contribution in [3.05, 3.63) is 64.9 Å². The minimum absolute atomic E-state index is 0.0111. The molecule has 0 radical (unpaired) electrons. The average molecular weight is 377 g/mol. The summed E-state index contributed by atoms with van der Waals surface area (Å²) in [5.41, 5.74) is 5.83. The molecule has 0 spiro atoms. The standard InChI is InChI=1S/C23H27N3O2/c1-5-6-21(24-18-10-7-16(8-11-18)14-26(3)4)22-19-13-17(15(2)27)9-12-20(19)25-23(22)28/h7-13,24H,5-6,14H2,1-4H3,(H,25,28). The number of rotatable bonds is 7. The summed E-state index contributed by atoms with van der Waals surface area (Å²) in [5.74, 6) is -0.140. The van der Waals surface area contributed by atoms with Gasteiger partial charge in [0.1, 0.15) is 0 Å². The van der Waals surface area contributed by atoms with Crippen molar-refractivity contribution in [2.24, 2.45) is 0 Å². The summed E-state index contributed by atoms with van der Waals surface area (Å²) in [7, 11) is 4.09. The Hall–Kier alpha value is -2.92. The summed E-state index contributed by atoms with van der Waals surface area (Å²) >= 11 is 0. The van der Waals surface area contributed by atoms with Gasteiger partial charge < -0.3 is 15.5 Å². The first-order valence-corrected chi connectivity index (χ1v) is 9.59. The van der Waals surface area contributed by atoms with Gasteiger partial charge in [-0.3, -0.25) is 9.59 Å². The van der Waals surface area contributed by atoms with Gasteiger partial charge in [-0.25, -0.2) is 0 Å². The fourth-order valence-corrected chi connectivity index (χ4v) is 3.42. The second kappa shape index (κ2) is 8.40. The van der Waals surface area contributed by atoms with Crippen LogP contribution in [-0.2, 0) is 11.3 Å². The summed E-state index contributed by atoms with van der Waals surface area (Å²) < 4.78 is 0. The molecule has 0 aromatic heterocycles. The number of carbonyl (C=O) groups is 2. The van der Waals surface area contributed by atoms with Gasteiger partial charge in [-0.2, -0.15) is 0 Å². The Labute approximate surface area is 166 Å². The minimum atomic E-state index is -0.129. The molecule has 0 saturated carbocycles. The van der Waals surface area contributed by atoms with Crippen LogP contribution in [0, 0.1) is 0 Å². The molecule has 0 saturated heterocycles. The van der Waals surface area contributed by atoms with E-state index in [0.29, 0.717) is 11.1 Å². The number of nitrogens with one attached hydrogen (secondary N) is 2. The molecule has 5 nitrogen and oxygen atoms in total. The first-order valence-electron chi connectivity index (χ1n) is 9.59. The third-order valence-corrected chi connectivity index (χ3v) is 4.72. The van der Waals surface area contributed by atoms with Crippen molar-refractivity contribution in [3.63, 3.8) is 0 Å². The molecule has 5 heteroatoms. The van der Waals surface area contributed by atoms with Crippen LogP contribution < -0.4 is 10.6 Å².